The lowest BCUT2D eigenvalue weighted by molar-refractivity contribution is 0.749. The van der Waals surface area contributed by atoms with Gasteiger partial charge in [0.25, 0.3) is 0 Å². The van der Waals surface area contributed by atoms with Crippen LogP contribution in [0, 0.1) is 13.8 Å². The maximum absolute atomic E-state index is 4.79. The fourth-order valence-electron chi connectivity index (χ4n) is 3.40. The molecule has 0 unspecified atom stereocenters. The summed E-state index contributed by atoms with van der Waals surface area (Å²) in [4.78, 5) is 11.7. The van der Waals surface area contributed by atoms with Gasteiger partial charge in [-0.2, -0.15) is 4.98 Å². The van der Waals surface area contributed by atoms with Crippen molar-refractivity contribution in [1.29, 1.82) is 0 Å². The fourth-order valence-corrected chi connectivity index (χ4v) is 3.40. The van der Waals surface area contributed by atoms with E-state index in [1.807, 2.05) is 13.0 Å². The van der Waals surface area contributed by atoms with Crippen molar-refractivity contribution in [2.75, 3.05) is 16.8 Å². The van der Waals surface area contributed by atoms with E-state index in [0.717, 1.165) is 43.4 Å². The summed E-state index contributed by atoms with van der Waals surface area (Å²) in [5.74, 6) is 1.65. The quantitative estimate of drug-likeness (QED) is 0.739. The molecule has 0 bridgehead atoms. The molecule has 2 aromatic carbocycles. The molecule has 4 heteroatoms. The van der Waals surface area contributed by atoms with E-state index >= 15 is 0 Å². The molecule has 1 aliphatic rings. The molecular weight excluding hydrogens is 320 g/mol. The first-order valence-corrected chi connectivity index (χ1v) is 9.19. The van der Waals surface area contributed by atoms with Crippen LogP contribution in [0.5, 0.6) is 0 Å². The summed E-state index contributed by atoms with van der Waals surface area (Å²) in [7, 11) is 0. The molecule has 2 heterocycles. The van der Waals surface area contributed by atoms with Gasteiger partial charge in [-0.25, -0.2) is 4.98 Å². The third kappa shape index (κ3) is 3.54. The fraction of sp³-hybridized carbons (Fsp3) is 0.273. The summed E-state index contributed by atoms with van der Waals surface area (Å²) in [6.45, 7) is 5.84. The van der Waals surface area contributed by atoms with E-state index in [2.05, 4.69) is 65.7 Å². The summed E-state index contributed by atoms with van der Waals surface area (Å²) in [5, 5.41) is 3.45. The van der Waals surface area contributed by atoms with Crippen LogP contribution in [0.1, 0.15) is 28.8 Å². The lowest BCUT2D eigenvalue weighted by Gasteiger charge is -2.29. The molecule has 3 aromatic rings. The van der Waals surface area contributed by atoms with Crippen molar-refractivity contribution in [2.45, 2.75) is 33.2 Å². The second kappa shape index (κ2) is 7.16. The van der Waals surface area contributed by atoms with Crippen LogP contribution in [0.4, 0.5) is 17.5 Å². The lowest BCUT2D eigenvalue weighted by atomic mass is 10.0. The minimum absolute atomic E-state index is 0.757. The van der Waals surface area contributed by atoms with Crippen LogP contribution in [0.3, 0.4) is 0 Å². The first-order valence-electron chi connectivity index (χ1n) is 9.19. The first kappa shape index (κ1) is 16.6. The van der Waals surface area contributed by atoms with E-state index in [-0.39, 0.29) is 0 Å². The zero-order valence-corrected chi connectivity index (χ0v) is 15.4. The van der Waals surface area contributed by atoms with Crippen molar-refractivity contribution < 1.29 is 0 Å². The second-order valence-corrected chi connectivity index (χ2v) is 6.92. The average molecular weight is 344 g/mol. The molecule has 0 fully saturated rings. The summed E-state index contributed by atoms with van der Waals surface area (Å²) in [6, 6.07) is 19.1. The predicted molar refractivity (Wildman–Crippen MR) is 107 cm³/mol. The van der Waals surface area contributed by atoms with Gasteiger partial charge in [-0.3, -0.25) is 0 Å². The molecule has 4 rings (SSSR count). The molecule has 0 spiro atoms. The van der Waals surface area contributed by atoms with Crippen molar-refractivity contribution in [3.63, 3.8) is 0 Å². The van der Waals surface area contributed by atoms with Crippen molar-refractivity contribution in [3.8, 4) is 0 Å². The Kier molecular flexibility index (Phi) is 4.57. The molecule has 1 N–H and O–H groups in total. The molecule has 0 radical (unpaired) electrons. The van der Waals surface area contributed by atoms with E-state index in [1.54, 1.807) is 0 Å². The Bertz CT molecular complexity index is 902. The van der Waals surface area contributed by atoms with Gasteiger partial charge >= 0.3 is 0 Å². The van der Waals surface area contributed by atoms with Gasteiger partial charge in [0.15, 0.2) is 0 Å². The molecule has 132 valence electrons. The summed E-state index contributed by atoms with van der Waals surface area (Å²) < 4.78 is 0. The Balaban J connectivity index is 1.58. The number of para-hydroxylation sites is 1. The highest BCUT2D eigenvalue weighted by molar-refractivity contribution is 5.64. The number of rotatable bonds is 4. The minimum Gasteiger partial charge on any atom is -0.366 e. The van der Waals surface area contributed by atoms with Crippen LogP contribution >= 0.6 is 0 Å². The Labute approximate surface area is 154 Å². The van der Waals surface area contributed by atoms with E-state index in [4.69, 9.17) is 9.97 Å². The topological polar surface area (TPSA) is 41.1 Å². The number of aryl methyl sites for hydroxylation is 3. The number of fused-ring (bicyclic) bond motifs is 1. The van der Waals surface area contributed by atoms with Gasteiger partial charge in [-0.15, -0.1) is 0 Å². The Morgan fingerprint density at radius 2 is 1.81 bits per heavy atom. The Hall–Kier alpha value is -2.88. The van der Waals surface area contributed by atoms with Gasteiger partial charge in [-0.1, -0.05) is 48.0 Å². The number of benzene rings is 2. The van der Waals surface area contributed by atoms with Gasteiger partial charge in [0.05, 0.1) is 0 Å². The maximum Gasteiger partial charge on any atom is 0.232 e. The van der Waals surface area contributed by atoms with Crippen LogP contribution in [-0.2, 0) is 13.0 Å². The van der Waals surface area contributed by atoms with E-state index in [0.29, 0.717) is 0 Å². The molecule has 0 atom stereocenters. The summed E-state index contributed by atoms with van der Waals surface area (Å²) in [6.07, 6.45) is 2.25. The van der Waals surface area contributed by atoms with Gasteiger partial charge in [0.1, 0.15) is 5.82 Å². The molecule has 0 aliphatic carbocycles. The smallest absolute Gasteiger partial charge is 0.232 e. The zero-order chi connectivity index (χ0) is 17.9. The zero-order valence-electron chi connectivity index (χ0n) is 15.4. The van der Waals surface area contributed by atoms with E-state index in [9.17, 15) is 0 Å². The SMILES string of the molecule is Cc1ccc(CNc2cc(C)nc(N3CCCc4ccccc43)n2)cc1. The number of hydrogen-bond acceptors (Lipinski definition) is 4. The molecular formula is C22H24N4. The van der Waals surface area contributed by atoms with E-state index in [1.165, 1.54) is 22.4 Å². The minimum atomic E-state index is 0.757. The first-order chi connectivity index (χ1) is 12.7. The lowest BCUT2D eigenvalue weighted by Crippen LogP contribution is -2.26. The largest absolute Gasteiger partial charge is 0.366 e. The van der Waals surface area contributed by atoms with Crippen LogP contribution in [0.15, 0.2) is 54.6 Å². The van der Waals surface area contributed by atoms with Crippen molar-refractivity contribution in [3.05, 3.63) is 77.0 Å². The number of nitrogens with zero attached hydrogens (tertiary/aromatic N) is 3. The van der Waals surface area contributed by atoms with Crippen LogP contribution in [0.25, 0.3) is 0 Å². The molecule has 0 amide bonds. The van der Waals surface area contributed by atoms with Gasteiger partial charge in [-0.05, 0) is 43.9 Å². The molecule has 1 aromatic heterocycles. The van der Waals surface area contributed by atoms with Crippen molar-refractivity contribution in [1.82, 2.24) is 9.97 Å². The average Bonchev–Trinajstić information content (AvgIpc) is 2.67. The highest BCUT2D eigenvalue weighted by Gasteiger charge is 2.20. The van der Waals surface area contributed by atoms with E-state index < -0.39 is 0 Å². The summed E-state index contributed by atoms with van der Waals surface area (Å²) in [5.41, 5.74) is 6.10. The third-order valence-electron chi connectivity index (χ3n) is 4.79. The van der Waals surface area contributed by atoms with Crippen LogP contribution in [0.2, 0.25) is 0 Å². The molecule has 0 saturated carbocycles. The van der Waals surface area contributed by atoms with Gasteiger partial charge < -0.3 is 10.2 Å². The number of hydrogen-bond donors (Lipinski definition) is 1. The number of anilines is 3. The highest BCUT2D eigenvalue weighted by atomic mass is 15.3. The second-order valence-electron chi connectivity index (χ2n) is 6.92. The normalized spacial score (nSPS) is 13.4. The predicted octanol–water partition coefficient (Wildman–Crippen LogP) is 4.79. The van der Waals surface area contributed by atoms with Gasteiger partial charge in [0, 0.05) is 30.5 Å². The molecule has 1 aliphatic heterocycles. The molecule has 4 nitrogen and oxygen atoms in total. The number of nitrogens with one attached hydrogen (secondary N) is 1. The summed E-state index contributed by atoms with van der Waals surface area (Å²) >= 11 is 0. The molecule has 0 saturated heterocycles. The van der Waals surface area contributed by atoms with Crippen LogP contribution in [-0.4, -0.2) is 16.5 Å². The Morgan fingerprint density at radius 3 is 2.65 bits per heavy atom. The highest BCUT2D eigenvalue weighted by Crippen LogP contribution is 2.31. The maximum atomic E-state index is 4.79. The monoisotopic (exact) mass is 344 g/mol. The van der Waals surface area contributed by atoms with Gasteiger partial charge in [0.2, 0.25) is 5.95 Å². The molecule has 26 heavy (non-hydrogen) atoms. The standard InChI is InChI=1S/C22H24N4/c1-16-9-11-18(12-10-16)15-23-21-14-17(2)24-22(25-21)26-13-5-7-19-6-3-4-8-20(19)26/h3-4,6,8-12,14H,5,7,13,15H2,1-2H3,(H,23,24,25). The number of aromatic nitrogens is 2. The Morgan fingerprint density at radius 1 is 1.00 bits per heavy atom. The van der Waals surface area contributed by atoms with Crippen molar-refractivity contribution >= 4 is 17.5 Å². The van der Waals surface area contributed by atoms with Crippen LogP contribution < -0.4 is 10.2 Å². The third-order valence-corrected chi connectivity index (χ3v) is 4.79. The van der Waals surface area contributed by atoms with Crippen molar-refractivity contribution in [2.24, 2.45) is 0 Å².